The zero-order valence-corrected chi connectivity index (χ0v) is 6.02. The molecule has 0 aliphatic rings. The largest absolute Gasteiger partial charge is 0.524 e. The molecule has 0 heterocycles. The Balaban J connectivity index is 3.55. The summed E-state index contributed by atoms with van der Waals surface area (Å²) in [5.41, 5.74) is 0. The summed E-state index contributed by atoms with van der Waals surface area (Å²) in [4.78, 5) is 8.21. The van der Waals surface area contributed by atoms with E-state index in [-0.39, 0.29) is 0 Å². The molecule has 0 aromatic rings. The second-order valence-electron chi connectivity index (χ2n) is 0.911. The number of hydrogen-bond donors (Lipinski definition) is 1. The van der Waals surface area contributed by atoms with E-state index in [1.807, 2.05) is 0 Å². The SMILES string of the molecule is C=CC(Br)[P+](=O)O. The van der Waals surface area contributed by atoms with Gasteiger partial charge in [-0.1, -0.05) is 6.58 Å². The van der Waals surface area contributed by atoms with Crippen molar-refractivity contribution in [2.75, 3.05) is 0 Å². The first-order chi connectivity index (χ1) is 3.18. The van der Waals surface area contributed by atoms with Crippen LogP contribution in [0.3, 0.4) is 0 Å². The van der Waals surface area contributed by atoms with Crippen LogP contribution < -0.4 is 0 Å². The van der Waals surface area contributed by atoms with Crippen LogP contribution in [0.1, 0.15) is 0 Å². The van der Waals surface area contributed by atoms with Crippen molar-refractivity contribution in [1.82, 2.24) is 0 Å². The van der Waals surface area contributed by atoms with Gasteiger partial charge in [-0.3, -0.25) is 0 Å². The summed E-state index contributed by atoms with van der Waals surface area (Å²) in [6.07, 6.45) is 1.37. The molecule has 0 aromatic carbocycles. The standard InChI is InChI=1S/C3H4BrO2P/c1-2-3(4)7(5)6/h2-3H,1H2/p+1. The Morgan fingerprint density at radius 1 is 2.00 bits per heavy atom. The Morgan fingerprint density at radius 3 is 2.43 bits per heavy atom. The van der Waals surface area contributed by atoms with E-state index in [1.165, 1.54) is 6.08 Å². The van der Waals surface area contributed by atoms with Crippen molar-refractivity contribution in [1.29, 1.82) is 0 Å². The summed E-state index contributed by atoms with van der Waals surface area (Å²) < 4.78 is 9.50. The maximum atomic E-state index is 9.96. The van der Waals surface area contributed by atoms with Crippen molar-refractivity contribution in [3.8, 4) is 0 Å². The van der Waals surface area contributed by atoms with E-state index in [9.17, 15) is 4.57 Å². The van der Waals surface area contributed by atoms with E-state index in [0.717, 1.165) is 0 Å². The summed E-state index contributed by atoms with van der Waals surface area (Å²) in [6.45, 7) is 3.29. The van der Waals surface area contributed by atoms with Gasteiger partial charge < -0.3 is 0 Å². The maximum absolute atomic E-state index is 9.96. The second kappa shape index (κ2) is 3.30. The van der Waals surface area contributed by atoms with Crippen molar-refractivity contribution in [3.63, 3.8) is 0 Å². The minimum absolute atomic E-state index is 0.456. The molecule has 2 atom stereocenters. The fourth-order valence-electron chi connectivity index (χ4n) is 0.0902. The molecule has 0 spiro atoms. The molecule has 0 fully saturated rings. The zero-order chi connectivity index (χ0) is 5.86. The number of alkyl halides is 1. The van der Waals surface area contributed by atoms with Gasteiger partial charge in [0.2, 0.25) is 0 Å². The lowest BCUT2D eigenvalue weighted by molar-refractivity contribution is 0.504. The maximum Gasteiger partial charge on any atom is 0.524 e. The molecule has 0 aliphatic carbocycles. The van der Waals surface area contributed by atoms with Crippen molar-refractivity contribution >= 4 is 24.0 Å². The van der Waals surface area contributed by atoms with Gasteiger partial charge in [0.15, 0.2) is 0 Å². The van der Waals surface area contributed by atoms with Gasteiger partial charge in [-0.15, -0.1) is 0 Å². The fourth-order valence-corrected chi connectivity index (χ4v) is 0.271. The lowest BCUT2D eigenvalue weighted by Crippen LogP contribution is -1.78. The lowest BCUT2D eigenvalue weighted by atomic mass is 10.8. The van der Waals surface area contributed by atoms with Crippen LogP contribution in [0.4, 0.5) is 0 Å². The summed E-state index contributed by atoms with van der Waals surface area (Å²) >= 11 is 2.89. The van der Waals surface area contributed by atoms with Gasteiger partial charge >= 0.3 is 8.03 Å². The molecule has 2 nitrogen and oxygen atoms in total. The Hall–Kier alpha value is 0.280. The van der Waals surface area contributed by atoms with Crippen LogP contribution in [0.5, 0.6) is 0 Å². The second-order valence-corrected chi connectivity index (χ2v) is 3.77. The van der Waals surface area contributed by atoms with Crippen LogP contribution >= 0.6 is 24.0 Å². The molecule has 0 bridgehead atoms. The first-order valence-corrected chi connectivity index (χ1v) is 3.80. The zero-order valence-electron chi connectivity index (χ0n) is 3.54. The van der Waals surface area contributed by atoms with Crippen LogP contribution in [0.25, 0.3) is 0 Å². The molecule has 0 amide bonds. The van der Waals surface area contributed by atoms with Crippen molar-refractivity contribution in [2.24, 2.45) is 0 Å². The molecular weight excluding hydrogens is 179 g/mol. The molecule has 0 rings (SSSR count). The molecule has 0 radical (unpaired) electrons. The van der Waals surface area contributed by atoms with Crippen molar-refractivity contribution < 1.29 is 9.46 Å². The van der Waals surface area contributed by atoms with Gasteiger partial charge in [0.05, 0.1) is 0 Å². The third-order valence-electron chi connectivity index (χ3n) is 0.406. The van der Waals surface area contributed by atoms with Crippen LogP contribution in [-0.4, -0.2) is 9.46 Å². The Bertz CT molecular complexity index is 92.9. The first-order valence-electron chi connectivity index (χ1n) is 1.60. The Kier molecular flexibility index (Phi) is 3.44. The molecular formula is C3H5BrO2P+. The average Bonchev–Trinajstić information content (AvgIpc) is 1.65. The van der Waals surface area contributed by atoms with E-state index < -0.39 is 12.6 Å². The predicted octanol–water partition coefficient (Wildman–Crippen LogP) is 1.63. The normalized spacial score (nSPS) is 15.4. The molecule has 0 saturated heterocycles. The van der Waals surface area contributed by atoms with Gasteiger partial charge in [-0.25, -0.2) is 0 Å². The number of rotatable bonds is 2. The van der Waals surface area contributed by atoms with Crippen molar-refractivity contribution in [3.05, 3.63) is 12.7 Å². The molecule has 40 valence electrons. The summed E-state index contributed by atoms with van der Waals surface area (Å²) in [5.74, 6) is 0. The average molecular weight is 184 g/mol. The van der Waals surface area contributed by atoms with Gasteiger partial charge in [-0.05, 0) is 26.6 Å². The van der Waals surface area contributed by atoms with Crippen LogP contribution in [0, 0.1) is 0 Å². The fraction of sp³-hybridized carbons (Fsp3) is 0.333. The highest BCUT2D eigenvalue weighted by Gasteiger charge is 2.19. The highest BCUT2D eigenvalue weighted by Crippen LogP contribution is 2.27. The smallest absolute Gasteiger partial charge is 0.160 e. The van der Waals surface area contributed by atoms with E-state index in [0.29, 0.717) is 0 Å². The molecule has 7 heavy (non-hydrogen) atoms. The highest BCUT2D eigenvalue weighted by molar-refractivity contribution is 9.10. The Labute approximate surface area is 51.2 Å². The van der Waals surface area contributed by atoms with E-state index in [1.54, 1.807) is 0 Å². The third kappa shape index (κ3) is 2.92. The van der Waals surface area contributed by atoms with Crippen LogP contribution in [-0.2, 0) is 4.57 Å². The quantitative estimate of drug-likeness (QED) is 0.402. The number of halogens is 1. The third-order valence-corrected chi connectivity index (χ3v) is 2.46. The Morgan fingerprint density at radius 2 is 2.43 bits per heavy atom. The van der Waals surface area contributed by atoms with E-state index in [2.05, 4.69) is 22.5 Å². The number of allylic oxidation sites excluding steroid dienone is 1. The lowest BCUT2D eigenvalue weighted by Gasteiger charge is -1.75. The molecule has 1 N–H and O–H groups in total. The topological polar surface area (TPSA) is 37.3 Å². The first kappa shape index (κ1) is 7.28. The van der Waals surface area contributed by atoms with Crippen molar-refractivity contribution in [2.45, 2.75) is 4.57 Å². The molecule has 0 aromatic heterocycles. The molecule has 0 aliphatic heterocycles. The minimum atomic E-state index is -2.11. The summed E-state index contributed by atoms with van der Waals surface area (Å²) in [5, 5.41) is 0. The van der Waals surface area contributed by atoms with Crippen LogP contribution in [0.15, 0.2) is 12.7 Å². The summed E-state index contributed by atoms with van der Waals surface area (Å²) in [6, 6.07) is 0. The van der Waals surface area contributed by atoms with Gasteiger partial charge in [-0.2, -0.15) is 4.89 Å². The monoisotopic (exact) mass is 183 g/mol. The van der Waals surface area contributed by atoms with E-state index in [4.69, 9.17) is 4.89 Å². The molecule has 4 heteroatoms. The molecule has 2 unspecified atom stereocenters. The van der Waals surface area contributed by atoms with Gasteiger partial charge in [0.25, 0.3) is 4.57 Å². The highest BCUT2D eigenvalue weighted by atomic mass is 79.9. The minimum Gasteiger partial charge on any atom is -0.160 e. The van der Waals surface area contributed by atoms with E-state index >= 15 is 0 Å². The number of hydrogen-bond acceptors (Lipinski definition) is 1. The van der Waals surface area contributed by atoms with Crippen LogP contribution in [0.2, 0.25) is 0 Å². The summed E-state index contributed by atoms with van der Waals surface area (Å²) in [7, 11) is -2.11. The molecule has 0 saturated carbocycles. The van der Waals surface area contributed by atoms with Gasteiger partial charge in [0.1, 0.15) is 0 Å². The van der Waals surface area contributed by atoms with Gasteiger partial charge in [0, 0.05) is 0 Å². The predicted molar refractivity (Wildman–Crippen MR) is 32.7 cm³/mol.